The van der Waals surface area contributed by atoms with Crippen LogP contribution in [0.4, 0.5) is 0 Å². The van der Waals surface area contributed by atoms with Gasteiger partial charge < -0.3 is 31.8 Å². The molecular formula is C27H40N6O5. The van der Waals surface area contributed by atoms with Crippen LogP contribution in [-0.2, 0) is 32.0 Å². The van der Waals surface area contributed by atoms with Crippen LogP contribution in [0, 0.1) is 11.8 Å². The van der Waals surface area contributed by atoms with Gasteiger partial charge in [0.05, 0.1) is 12.4 Å². The Kier molecular flexibility index (Phi) is 11.9. The highest BCUT2D eigenvalue weighted by molar-refractivity contribution is 5.94. The third kappa shape index (κ3) is 8.98. The first-order valence-electron chi connectivity index (χ1n) is 13.0. The second kappa shape index (κ2) is 14.9. The van der Waals surface area contributed by atoms with E-state index in [4.69, 9.17) is 5.73 Å². The fraction of sp³-hybridized carbons (Fsp3) is 0.519. The summed E-state index contributed by atoms with van der Waals surface area (Å²) in [5, 5.41) is 17.6. The minimum Gasteiger partial charge on any atom is -0.480 e. The average molecular weight is 529 g/mol. The molecule has 6 unspecified atom stereocenters. The number of carboxylic acids is 1. The minimum absolute atomic E-state index is 0.0547. The lowest BCUT2D eigenvalue weighted by atomic mass is 9.96. The monoisotopic (exact) mass is 528 g/mol. The van der Waals surface area contributed by atoms with Crippen LogP contribution in [0.2, 0.25) is 0 Å². The summed E-state index contributed by atoms with van der Waals surface area (Å²) in [5.41, 5.74) is 7.60. The highest BCUT2D eigenvalue weighted by Crippen LogP contribution is 2.12. The fourth-order valence-corrected chi connectivity index (χ4v) is 3.95. The van der Waals surface area contributed by atoms with Gasteiger partial charge in [-0.25, -0.2) is 9.78 Å². The number of aromatic nitrogens is 2. The number of carboxylic acid groups (broad SMARTS) is 1. The largest absolute Gasteiger partial charge is 0.480 e. The normalized spacial score (nSPS) is 15.8. The number of benzene rings is 1. The van der Waals surface area contributed by atoms with Gasteiger partial charge >= 0.3 is 5.97 Å². The average Bonchev–Trinajstić information content (AvgIpc) is 3.42. The van der Waals surface area contributed by atoms with Crippen molar-refractivity contribution in [2.24, 2.45) is 17.6 Å². The van der Waals surface area contributed by atoms with Crippen LogP contribution in [0.5, 0.6) is 0 Å². The maximum absolute atomic E-state index is 13.4. The van der Waals surface area contributed by atoms with Gasteiger partial charge in [0, 0.05) is 18.3 Å². The lowest BCUT2D eigenvalue weighted by Crippen LogP contribution is -2.59. The van der Waals surface area contributed by atoms with E-state index in [2.05, 4.69) is 25.9 Å². The quantitative estimate of drug-likeness (QED) is 0.201. The van der Waals surface area contributed by atoms with Crippen LogP contribution in [0.15, 0.2) is 42.9 Å². The summed E-state index contributed by atoms with van der Waals surface area (Å²) in [6.45, 7) is 7.27. The number of amides is 3. The number of aliphatic carboxylic acids is 1. The van der Waals surface area contributed by atoms with Crippen molar-refractivity contribution in [2.45, 2.75) is 77.5 Å². The Morgan fingerprint density at radius 3 is 2.05 bits per heavy atom. The van der Waals surface area contributed by atoms with E-state index in [0.717, 1.165) is 5.56 Å². The van der Waals surface area contributed by atoms with Crippen LogP contribution in [0.3, 0.4) is 0 Å². The summed E-state index contributed by atoms with van der Waals surface area (Å²) in [7, 11) is 0. The van der Waals surface area contributed by atoms with Crippen molar-refractivity contribution in [1.82, 2.24) is 25.9 Å². The summed E-state index contributed by atoms with van der Waals surface area (Å²) in [6, 6.07) is 5.29. The first kappa shape index (κ1) is 30.5. The maximum Gasteiger partial charge on any atom is 0.326 e. The summed E-state index contributed by atoms with van der Waals surface area (Å²) in [6.07, 6.45) is 4.45. The molecule has 0 fully saturated rings. The molecule has 1 aromatic carbocycles. The Bertz CT molecular complexity index is 1050. The summed E-state index contributed by atoms with van der Waals surface area (Å²) in [5.74, 6) is -3.42. The highest BCUT2D eigenvalue weighted by atomic mass is 16.4. The van der Waals surface area contributed by atoms with Gasteiger partial charge in [-0.2, -0.15) is 0 Å². The van der Waals surface area contributed by atoms with E-state index in [-0.39, 0.29) is 18.3 Å². The van der Waals surface area contributed by atoms with Crippen LogP contribution < -0.4 is 21.7 Å². The van der Waals surface area contributed by atoms with Gasteiger partial charge in [-0.3, -0.25) is 14.4 Å². The topological polar surface area (TPSA) is 179 Å². The van der Waals surface area contributed by atoms with E-state index < -0.39 is 47.9 Å². The molecule has 0 aliphatic heterocycles. The number of nitrogens with zero attached hydrogens (tertiary/aromatic N) is 1. The van der Waals surface area contributed by atoms with Gasteiger partial charge in [0.1, 0.15) is 18.1 Å². The SMILES string of the molecule is CCC(C)C(NC(=O)C(Cc1cnc[nH]1)NC(=O)C(NC(=O)C(N)Cc1ccccc1)C(C)CC)C(=O)O. The Hall–Kier alpha value is -3.73. The molecule has 1 heterocycles. The molecule has 0 saturated carbocycles. The van der Waals surface area contributed by atoms with E-state index in [1.54, 1.807) is 6.92 Å². The van der Waals surface area contributed by atoms with Crippen molar-refractivity contribution < 1.29 is 24.3 Å². The molecule has 2 aromatic rings. The number of nitrogens with two attached hydrogens (primary N) is 1. The predicted octanol–water partition coefficient (Wildman–Crippen LogP) is 1.15. The molecule has 0 aliphatic carbocycles. The van der Waals surface area contributed by atoms with Crippen molar-refractivity contribution in [3.63, 3.8) is 0 Å². The molecule has 0 aliphatic rings. The number of aromatic amines is 1. The van der Waals surface area contributed by atoms with Gasteiger partial charge in [0.25, 0.3) is 0 Å². The van der Waals surface area contributed by atoms with E-state index >= 15 is 0 Å². The van der Waals surface area contributed by atoms with Crippen molar-refractivity contribution in [2.75, 3.05) is 0 Å². The molecule has 2 rings (SSSR count). The molecule has 6 atom stereocenters. The Morgan fingerprint density at radius 1 is 0.895 bits per heavy atom. The number of rotatable bonds is 15. The lowest BCUT2D eigenvalue weighted by Gasteiger charge is -2.28. The second-order valence-electron chi connectivity index (χ2n) is 9.72. The summed E-state index contributed by atoms with van der Waals surface area (Å²) < 4.78 is 0. The molecule has 7 N–H and O–H groups in total. The molecule has 0 bridgehead atoms. The smallest absolute Gasteiger partial charge is 0.326 e. The van der Waals surface area contributed by atoms with Gasteiger partial charge in [0.15, 0.2) is 0 Å². The molecule has 0 radical (unpaired) electrons. The summed E-state index contributed by atoms with van der Waals surface area (Å²) >= 11 is 0. The molecule has 11 heteroatoms. The van der Waals surface area contributed by atoms with Crippen LogP contribution in [0.1, 0.15) is 51.8 Å². The fourth-order valence-electron chi connectivity index (χ4n) is 3.95. The first-order chi connectivity index (χ1) is 18.1. The Balaban J connectivity index is 2.19. The highest BCUT2D eigenvalue weighted by Gasteiger charge is 2.33. The third-order valence-electron chi connectivity index (χ3n) is 6.82. The number of carbonyl (C=O) groups excluding carboxylic acids is 3. The van der Waals surface area contributed by atoms with Gasteiger partial charge in [-0.05, 0) is 23.8 Å². The molecule has 1 aromatic heterocycles. The van der Waals surface area contributed by atoms with Crippen molar-refractivity contribution in [1.29, 1.82) is 0 Å². The molecule has 0 spiro atoms. The van der Waals surface area contributed by atoms with Crippen LogP contribution in [0.25, 0.3) is 0 Å². The molecule has 11 nitrogen and oxygen atoms in total. The number of nitrogens with one attached hydrogen (secondary N) is 4. The number of hydrogen-bond acceptors (Lipinski definition) is 6. The van der Waals surface area contributed by atoms with Gasteiger partial charge in [0.2, 0.25) is 17.7 Å². The lowest BCUT2D eigenvalue weighted by molar-refractivity contribution is -0.143. The Morgan fingerprint density at radius 2 is 1.50 bits per heavy atom. The van der Waals surface area contributed by atoms with Crippen molar-refractivity contribution in [3.05, 3.63) is 54.1 Å². The zero-order valence-corrected chi connectivity index (χ0v) is 22.4. The van der Waals surface area contributed by atoms with Gasteiger partial charge in [-0.1, -0.05) is 70.9 Å². The van der Waals surface area contributed by atoms with E-state index in [0.29, 0.717) is 25.0 Å². The van der Waals surface area contributed by atoms with Crippen molar-refractivity contribution in [3.8, 4) is 0 Å². The minimum atomic E-state index is -1.16. The standard InChI is InChI=1S/C27H40N6O5/c1-5-16(3)22(32-24(34)20(28)12-18-10-8-7-9-11-18)26(36)31-21(13-19-14-29-15-30-19)25(35)33-23(27(37)38)17(4)6-2/h7-11,14-17,20-23H,5-6,12-13,28H2,1-4H3,(H,29,30)(H,31,36)(H,32,34)(H,33,35)(H,37,38). The van der Waals surface area contributed by atoms with E-state index in [1.807, 2.05) is 51.1 Å². The zero-order valence-electron chi connectivity index (χ0n) is 22.4. The summed E-state index contributed by atoms with van der Waals surface area (Å²) in [4.78, 5) is 58.2. The zero-order chi connectivity index (χ0) is 28.2. The first-order valence-corrected chi connectivity index (χ1v) is 13.0. The van der Waals surface area contributed by atoms with E-state index in [9.17, 15) is 24.3 Å². The number of H-pyrrole nitrogens is 1. The van der Waals surface area contributed by atoms with Crippen LogP contribution >= 0.6 is 0 Å². The van der Waals surface area contributed by atoms with Crippen LogP contribution in [-0.4, -0.2) is 62.9 Å². The molecular weight excluding hydrogens is 488 g/mol. The maximum atomic E-state index is 13.4. The molecule has 0 saturated heterocycles. The Labute approximate surface area is 223 Å². The number of imidazole rings is 1. The number of carbonyl (C=O) groups is 4. The second-order valence-corrected chi connectivity index (χ2v) is 9.72. The number of hydrogen-bond donors (Lipinski definition) is 6. The third-order valence-corrected chi connectivity index (χ3v) is 6.82. The molecule has 3 amide bonds. The van der Waals surface area contributed by atoms with Gasteiger partial charge in [-0.15, -0.1) is 0 Å². The molecule has 38 heavy (non-hydrogen) atoms. The van der Waals surface area contributed by atoms with E-state index in [1.165, 1.54) is 12.5 Å². The van der Waals surface area contributed by atoms with Crippen molar-refractivity contribution >= 4 is 23.7 Å². The molecule has 208 valence electrons. The predicted molar refractivity (Wildman–Crippen MR) is 143 cm³/mol.